The first-order valence-corrected chi connectivity index (χ1v) is 6.83. The minimum Gasteiger partial charge on any atom is -0.493 e. The van der Waals surface area contributed by atoms with Crippen molar-refractivity contribution < 1.29 is 14.3 Å². The third-order valence-corrected chi connectivity index (χ3v) is 3.69. The fraction of sp³-hybridized carbons (Fsp3) is 0.286. The number of hydrogen-bond acceptors (Lipinski definition) is 6. The number of nitrogens with two attached hydrogens (primary N) is 1. The summed E-state index contributed by atoms with van der Waals surface area (Å²) in [6.07, 6.45) is 0.254. The molecular weight excluding hydrogens is 276 g/mol. The average Bonchev–Trinajstić information content (AvgIpc) is 2.77. The van der Waals surface area contributed by atoms with E-state index in [2.05, 4.69) is 4.98 Å². The van der Waals surface area contributed by atoms with Crippen molar-refractivity contribution in [2.45, 2.75) is 13.3 Å². The molecule has 0 aliphatic heterocycles. The molecule has 0 saturated carbocycles. The third-order valence-electron chi connectivity index (χ3n) is 2.89. The van der Waals surface area contributed by atoms with E-state index in [-0.39, 0.29) is 12.2 Å². The second kappa shape index (κ2) is 5.92. The Morgan fingerprint density at radius 2 is 2.00 bits per heavy atom. The Hall–Kier alpha value is -2.08. The van der Waals surface area contributed by atoms with E-state index < -0.39 is 0 Å². The number of Topliss-reactive ketones (excluding diaryl/α,β-unsaturated/α-hetero) is 1. The highest BCUT2D eigenvalue weighted by atomic mass is 32.1. The first-order chi connectivity index (χ1) is 9.55. The third kappa shape index (κ3) is 2.91. The van der Waals surface area contributed by atoms with Gasteiger partial charge in [0.15, 0.2) is 22.4 Å². The number of benzene rings is 1. The fourth-order valence-electron chi connectivity index (χ4n) is 1.94. The van der Waals surface area contributed by atoms with E-state index in [9.17, 15) is 4.79 Å². The zero-order valence-electron chi connectivity index (χ0n) is 11.6. The van der Waals surface area contributed by atoms with Gasteiger partial charge in [-0.25, -0.2) is 4.98 Å². The molecule has 0 aliphatic carbocycles. The van der Waals surface area contributed by atoms with Crippen LogP contribution < -0.4 is 15.2 Å². The highest BCUT2D eigenvalue weighted by Crippen LogP contribution is 2.28. The summed E-state index contributed by atoms with van der Waals surface area (Å²) in [6.45, 7) is 1.84. The van der Waals surface area contributed by atoms with Crippen LogP contribution in [0, 0.1) is 6.92 Å². The molecular formula is C14H16N2O3S. The second-order valence-corrected chi connectivity index (χ2v) is 5.48. The smallest absolute Gasteiger partial charge is 0.186 e. The van der Waals surface area contributed by atoms with Gasteiger partial charge in [-0.2, -0.15) is 0 Å². The zero-order valence-corrected chi connectivity index (χ0v) is 12.4. The van der Waals surface area contributed by atoms with Crippen LogP contribution in [0.4, 0.5) is 5.13 Å². The van der Waals surface area contributed by atoms with Crippen LogP contribution in [-0.4, -0.2) is 25.0 Å². The molecule has 0 fully saturated rings. The number of nitrogen functional groups attached to an aromatic ring is 1. The Labute approximate surface area is 121 Å². The van der Waals surface area contributed by atoms with Crippen molar-refractivity contribution in [2.75, 3.05) is 20.0 Å². The van der Waals surface area contributed by atoms with Gasteiger partial charge in [0.25, 0.3) is 0 Å². The lowest BCUT2D eigenvalue weighted by atomic mass is 10.1. The maximum atomic E-state index is 12.2. The van der Waals surface area contributed by atoms with E-state index in [4.69, 9.17) is 15.2 Å². The van der Waals surface area contributed by atoms with Gasteiger partial charge >= 0.3 is 0 Å². The Morgan fingerprint density at radius 1 is 1.30 bits per heavy atom. The highest BCUT2D eigenvalue weighted by molar-refractivity contribution is 7.15. The number of carbonyl (C=O) groups is 1. The van der Waals surface area contributed by atoms with Crippen LogP contribution in [0.25, 0.3) is 0 Å². The fourth-order valence-corrected chi connectivity index (χ4v) is 2.64. The number of aromatic nitrogens is 1. The highest BCUT2D eigenvalue weighted by Gasteiger charge is 2.16. The summed E-state index contributed by atoms with van der Waals surface area (Å²) in [6, 6.07) is 5.41. The largest absolute Gasteiger partial charge is 0.493 e. The van der Waals surface area contributed by atoms with Crippen LogP contribution in [-0.2, 0) is 6.42 Å². The number of ketones is 1. The summed E-state index contributed by atoms with van der Waals surface area (Å²) < 4.78 is 10.4. The van der Waals surface area contributed by atoms with Crippen LogP contribution in [0.5, 0.6) is 11.5 Å². The van der Waals surface area contributed by atoms with E-state index in [1.54, 1.807) is 26.4 Å². The topological polar surface area (TPSA) is 74.4 Å². The number of aryl methyl sites for hydroxylation is 1. The molecule has 1 heterocycles. The normalized spacial score (nSPS) is 10.3. The van der Waals surface area contributed by atoms with Crippen LogP contribution in [0.2, 0.25) is 0 Å². The lowest BCUT2D eigenvalue weighted by Crippen LogP contribution is -2.06. The molecule has 1 aromatic carbocycles. The molecule has 5 nitrogen and oxygen atoms in total. The van der Waals surface area contributed by atoms with Gasteiger partial charge in [-0.1, -0.05) is 6.07 Å². The number of thiazole rings is 1. The molecule has 20 heavy (non-hydrogen) atoms. The number of ether oxygens (including phenoxy) is 2. The van der Waals surface area contributed by atoms with E-state index in [1.165, 1.54) is 11.3 Å². The predicted molar refractivity (Wildman–Crippen MR) is 78.8 cm³/mol. The molecule has 0 bridgehead atoms. The number of carbonyl (C=O) groups excluding carboxylic acids is 1. The molecule has 106 valence electrons. The van der Waals surface area contributed by atoms with Gasteiger partial charge in [-0.15, -0.1) is 11.3 Å². The van der Waals surface area contributed by atoms with E-state index in [0.717, 1.165) is 10.4 Å². The molecule has 2 N–H and O–H groups in total. The molecule has 0 aliphatic rings. The van der Waals surface area contributed by atoms with Gasteiger partial charge in [0, 0.05) is 11.3 Å². The maximum absolute atomic E-state index is 12.2. The molecule has 6 heteroatoms. The number of methoxy groups -OCH3 is 2. The summed E-state index contributed by atoms with van der Waals surface area (Å²) in [7, 11) is 3.14. The van der Waals surface area contributed by atoms with Crippen molar-refractivity contribution in [3.8, 4) is 11.5 Å². The standard InChI is InChI=1S/C14H16N2O3S/c1-8-13(16-14(15)20-8)10(17)6-9-4-5-11(18-2)12(7-9)19-3/h4-5,7H,6H2,1-3H3,(H2,15,16). The molecule has 1 aromatic heterocycles. The second-order valence-electron chi connectivity index (χ2n) is 4.25. The number of anilines is 1. The summed E-state index contributed by atoms with van der Waals surface area (Å²) in [5.74, 6) is 1.19. The summed E-state index contributed by atoms with van der Waals surface area (Å²) in [4.78, 5) is 17.1. The van der Waals surface area contributed by atoms with Gasteiger partial charge in [0.05, 0.1) is 14.2 Å². The van der Waals surface area contributed by atoms with Crippen LogP contribution >= 0.6 is 11.3 Å². The van der Waals surface area contributed by atoms with Crippen LogP contribution in [0.3, 0.4) is 0 Å². The quantitative estimate of drug-likeness (QED) is 0.857. The molecule has 0 radical (unpaired) electrons. The molecule has 0 spiro atoms. The Kier molecular flexibility index (Phi) is 4.24. The monoisotopic (exact) mass is 292 g/mol. The minimum absolute atomic E-state index is 0.0531. The summed E-state index contributed by atoms with van der Waals surface area (Å²) in [5.41, 5.74) is 6.91. The number of nitrogens with zero attached hydrogens (tertiary/aromatic N) is 1. The van der Waals surface area contributed by atoms with E-state index in [1.807, 2.05) is 13.0 Å². The van der Waals surface area contributed by atoms with Crippen LogP contribution in [0.1, 0.15) is 20.9 Å². The Balaban J connectivity index is 2.22. The molecule has 0 amide bonds. The van der Waals surface area contributed by atoms with Crippen molar-refractivity contribution in [3.63, 3.8) is 0 Å². The maximum Gasteiger partial charge on any atom is 0.186 e. The van der Waals surface area contributed by atoms with Crippen molar-refractivity contribution in [3.05, 3.63) is 34.3 Å². The lowest BCUT2D eigenvalue weighted by molar-refractivity contribution is 0.0988. The zero-order chi connectivity index (χ0) is 14.7. The molecule has 2 aromatic rings. The molecule has 0 unspecified atom stereocenters. The Morgan fingerprint density at radius 3 is 2.55 bits per heavy atom. The molecule has 0 atom stereocenters. The minimum atomic E-state index is -0.0531. The van der Waals surface area contributed by atoms with Crippen molar-refractivity contribution >= 4 is 22.3 Å². The van der Waals surface area contributed by atoms with Gasteiger partial charge in [0.1, 0.15) is 5.69 Å². The van der Waals surface area contributed by atoms with E-state index in [0.29, 0.717) is 22.3 Å². The van der Waals surface area contributed by atoms with Crippen LogP contribution in [0.15, 0.2) is 18.2 Å². The Bertz CT molecular complexity index is 637. The number of hydrogen-bond donors (Lipinski definition) is 1. The molecule has 2 rings (SSSR count). The van der Waals surface area contributed by atoms with Crippen molar-refractivity contribution in [1.82, 2.24) is 4.98 Å². The van der Waals surface area contributed by atoms with Gasteiger partial charge < -0.3 is 15.2 Å². The predicted octanol–water partition coefficient (Wildman–Crippen LogP) is 2.48. The lowest BCUT2D eigenvalue weighted by Gasteiger charge is -2.09. The molecule has 0 saturated heterocycles. The van der Waals surface area contributed by atoms with Gasteiger partial charge in [-0.05, 0) is 24.6 Å². The summed E-state index contributed by atoms with van der Waals surface area (Å²) >= 11 is 1.32. The first kappa shape index (κ1) is 14.3. The van der Waals surface area contributed by atoms with Gasteiger partial charge in [-0.3, -0.25) is 4.79 Å². The van der Waals surface area contributed by atoms with E-state index >= 15 is 0 Å². The van der Waals surface area contributed by atoms with Crippen molar-refractivity contribution in [1.29, 1.82) is 0 Å². The van der Waals surface area contributed by atoms with Gasteiger partial charge in [0.2, 0.25) is 0 Å². The average molecular weight is 292 g/mol. The SMILES string of the molecule is COc1ccc(CC(=O)c2nc(N)sc2C)cc1OC. The number of rotatable bonds is 5. The van der Waals surface area contributed by atoms with Crippen molar-refractivity contribution in [2.24, 2.45) is 0 Å². The summed E-state index contributed by atoms with van der Waals surface area (Å²) in [5, 5.41) is 0.415. The first-order valence-electron chi connectivity index (χ1n) is 6.02.